The Labute approximate surface area is 206 Å². The highest BCUT2D eigenvalue weighted by Crippen LogP contribution is 2.33. The van der Waals surface area contributed by atoms with E-state index in [1.807, 2.05) is 30.6 Å². The van der Waals surface area contributed by atoms with E-state index in [0.717, 1.165) is 57.4 Å². The fourth-order valence-corrected chi connectivity index (χ4v) is 4.94. The van der Waals surface area contributed by atoms with Crippen molar-refractivity contribution < 1.29 is 9.15 Å². The summed E-state index contributed by atoms with van der Waals surface area (Å²) in [6.45, 7) is 0. The summed E-state index contributed by atoms with van der Waals surface area (Å²) in [6.07, 6.45) is 16.7. The molecule has 1 aliphatic rings. The molecular formula is C27H23N7O2. The Bertz CT molecular complexity index is 1660. The summed E-state index contributed by atoms with van der Waals surface area (Å²) in [6, 6.07) is 7.94. The van der Waals surface area contributed by atoms with E-state index < -0.39 is 0 Å². The lowest BCUT2D eigenvalue weighted by Crippen LogP contribution is -2.19. The molecule has 0 radical (unpaired) electrons. The molecule has 0 spiro atoms. The summed E-state index contributed by atoms with van der Waals surface area (Å²) < 4.78 is 11.5. The van der Waals surface area contributed by atoms with Crippen LogP contribution in [-0.2, 0) is 0 Å². The number of rotatable bonds is 5. The quantitative estimate of drug-likeness (QED) is 0.316. The lowest BCUT2D eigenvalue weighted by molar-refractivity contribution is 0.154. The second kappa shape index (κ2) is 8.60. The Hall–Kier alpha value is -4.53. The van der Waals surface area contributed by atoms with Gasteiger partial charge in [0.05, 0.1) is 35.7 Å². The summed E-state index contributed by atoms with van der Waals surface area (Å²) in [4.78, 5) is 21.6. The van der Waals surface area contributed by atoms with Crippen molar-refractivity contribution in [1.82, 2.24) is 35.1 Å². The van der Waals surface area contributed by atoms with Crippen molar-refractivity contribution in [2.24, 2.45) is 0 Å². The Morgan fingerprint density at radius 3 is 2.72 bits per heavy atom. The van der Waals surface area contributed by atoms with Gasteiger partial charge >= 0.3 is 0 Å². The molecule has 1 fully saturated rings. The van der Waals surface area contributed by atoms with Crippen molar-refractivity contribution in [2.45, 2.75) is 38.2 Å². The number of hydrogen-bond donors (Lipinski definition) is 2. The highest BCUT2D eigenvalue weighted by atomic mass is 16.5. The van der Waals surface area contributed by atoms with Crippen molar-refractivity contribution in [3.8, 4) is 39.5 Å². The zero-order valence-corrected chi connectivity index (χ0v) is 19.4. The van der Waals surface area contributed by atoms with Crippen LogP contribution in [0.2, 0.25) is 0 Å². The van der Waals surface area contributed by atoms with Crippen molar-refractivity contribution >= 4 is 22.2 Å². The van der Waals surface area contributed by atoms with Gasteiger partial charge in [0.25, 0.3) is 0 Å². The van der Waals surface area contributed by atoms with Crippen molar-refractivity contribution in [2.75, 3.05) is 0 Å². The van der Waals surface area contributed by atoms with Gasteiger partial charge in [-0.1, -0.05) is 6.42 Å². The highest BCUT2D eigenvalue weighted by molar-refractivity contribution is 5.95. The number of nitrogens with zero attached hydrogens (tertiary/aromatic N) is 5. The number of ether oxygens (including phenoxy) is 1. The van der Waals surface area contributed by atoms with Crippen LogP contribution in [0.25, 0.3) is 56.0 Å². The van der Waals surface area contributed by atoms with Crippen LogP contribution in [0.1, 0.15) is 32.1 Å². The molecule has 9 heteroatoms. The maximum absolute atomic E-state index is 6.23. The first kappa shape index (κ1) is 20.8. The second-order valence-corrected chi connectivity index (χ2v) is 9.14. The first-order valence-corrected chi connectivity index (χ1v) is 12.2. The minimum atomic E-state index is 0.269. The molecule has 0 bridgehead atoms. The van der Waals surface area contributed by atoms with Gasteiger partial charge in [0.15, 0.2) is 17.1 Å². The number of imidazole rings is 1. The monoisotopic (exact) mass is 477 g/mol. The molecule has 6 heterocycles. The van der Waals surface area contributed by atoms with E-state index in [1.165, 1.54) is 19.3 Å². The molecule has 1 saturated carbocycles. The third-order valence-corrected chi connectivity index (χ3v) is 6.77. The molecule has 178 valence electrons. The molecule has 0 amide bonds. The van der Waals surface area contributed by atoms with E-state index >= 15 is 0 Å². The molecule has 1 aliphatic carbocycles. The average molecular weight is 478 g/mol. The smallest absolute Gasteiger partial charge is 0.181 e. The number of H-pyrrole nitrogens is 2. The Morgan fingerprint density at radius 2 is 1.83 bits per heavy atom. The fraction of sp³-hybridized carbons (Fsp3) is 0.222. The van der Waals surface area contributed by atoms with Crippen molar-refractivity contribution in [1.29, 1.82) is 0 Å². The van der Waals surface area contributed by atoms with Crippen LogP contribution < -0.4 is 4.74 Å². The molecule has 0 aromatic carbocycles. The maximum Gasteiger partial charge on any atom is 0.181 e. The molecule has 6 aromatic rings. The minimum Gasteiger partial charge on any atom is -0.489 e. The third-order valence-electron chi connectivity index (χ3n) is 6.77. The number of aromatic nitrogens is 7. The molecule has 6 aromatic heterocycles. The predicted molar refractivity (Wildman–Crippen MR) is 135 cm³/mol. The van der Waals surface area contributed by atoms with Gasteiger partial charge in [-0.3, -0.25) is 10.1 Å². The number of furan rings is 1. The molecule has 0 aliphatic heterocycles. The number of pyridine rings is 3. The van der Waals surface area contributed by atoms with Crippen LogP contribution >= 0.6 is 0 Å². The van der Waals surface area contributed by atoms with Gasteiger partial charge in [-0.2, -0.15) is 5.10 Å². The number of hydrogen-bond acceptors (Lipinski definition) is 7. The Morgan fingerprint density at radius 1 is 0.917 bits per heavy atom. The fourth-order valence-electron chi connectivity index (χ4n) is 4.94. The van der Waals surface area contributed by atoms with E-state index in [0.29, 0.717) is 17.1 Å². The Kier molecular flexibility index (Phi) is 4.97. The molecule has 0 atom stereocenters. The van der Waals surface area contributed by atoms with Crippen molar-refractivity contribution in [3.63, 3.8) is 0 Å². The molecule has 2 N–H and O–H groups in total. The van der Waals surface area contributed by atoms with Gasteiger partial charge in [0, 0.05) is 40.8 Å². The lowest BCUT2D eigenvalue weighted by Gasteiger charge is -2.23. The molecule has 9 nitrogen and oxygen atoms in total. The van der Waals surface area contributed by atoms with Gasteiger partial charge in [0.2, 0.25) is 0 Å². The van der Waals surface area contributed by atoms with Gasteiger partial charge < -0.3 is 14.1 Å². The summed E-state index contributed by atoms with van der Waals surface area (Å²) >= 11 is 0. The summed E-state index contributed by atoms with van der Waals surface area (Å²) in [5, 5.41) is 8.35. The third kappa shape index (κ3) is 3.69. The van der Waals surface area contributed by atoms with E-state index in [4.69, 9.17) is 14.1 Å². The molecule has 36 heavy (non-hydrogen) atoms. The molecule has 0 saturated heterocycles. The van der Waals surface area contributed by atoms with E-state index in [9.17, 15) is 0 Å². The number of nitrogens with one attached hydrogen (secondary N) is 2. The van der Waals surface area contributed by atoms with Gasteiger partial charge in [-0.05, 0) is 49.9 Å². The summed E-state index contributed by atoms with van der Waals surface area (Å²) in [7, 11) is 0. The summed E-state index contributed by atoms with van der Waals surface area (Å²) in [5.74, 6) is 1.43. The zero-order valence-electron chi connectivity index (χ0n) is 19.4. The predicted octanol–water partition coefficient (Wildman–Crippen LogP) is 5.93. The van der Waals surface area contributed by atoms with Crippen LogP contribution in [0.3, 0.4) is 0 Å². The number of aromatic amines is 2. The Balaban J connectivity index is 1.26. The molecule has 7 rings (SSSR count). The highest BCUT2D eigenvalue weighted by Gasteiger charge is 2.18. The standard InChI is InChI=1S/C27H23N7O2/c1-2-4-19(5-3-1)36-20-10-17(12-28-14-20)18-11-22-24(33-34-25(22)30-13-18)27-31-23-21(16-7-9-35-15-16)6-8-29-26(23)32-27/h6-15,19H,1-5H2,(H,29,31,32)(H,30,33,34). The van der Waals surface area contributed by atoms with Crippen molar-refractivity contribution in [3.05, 3.63) is 61.6 Å². The topological polar surface area (TPSA) is 118 Å². The lowest BCUT2D eigenvalue weighted by atomic mass is 9.98. The normalized spacial score (nSPS) is 14.6. The van der Waals surface area contributed by atoms with Crippen LogP contribution in [0.15, 0.2) is 66.0 Å². The summed E-state index contributed by atoms with van der Waals surface area (Å²) in [5.41, 5.74) is 6.61. The minimum absolute atomic E-state index is 0.269. The molecule has 0 unspecified atom stereocenters. The van der Waals surface area contributed by atoms with E-state index in [-0.39, 0.29) is 6.10 Å². The molecular weight excluding hydrogens is 454 g/mol. The van der Waals surface area contributed by atoms with E-state index in [2.05, 4.69) is 36.2 Å². The van der Waals surface area contributed by atoms with Gasteiger partial charge in [-0.25, -0.2) is 15.0 Å². The first-order chi connectivity index (χ1) is 17.8. The SMILES string of the molecule is c1cc(-c2ccoc2)c2[nH]c(-c3[nH]nc4ncc(-c5cncc(OC6CCCCC6)c5)cc34)nc2n1. The van der Waals surface area contributed by atoms with Crippen LogP contribution in [0.4, 0.5) is 0 Å². The first-order valence-electron chi connectivity index (χ1n) is 12.2. The zero-order chi connectivity index (χ0) is 23.9. The largest absolute Gasteiger partial charge is 0.489 e. The van der Waals surface area contributed by atoms with Crippen LogP contribution in [0, 0.1) is 0 Å². The maximum atomic E-state index is 6.23. The number of fused-ring (bicyclic) bond motifs is 2. The van der Waals surface area contributed by atoms with E-state index in [1.54, 1.807) is 24.9 Å². The van der Waals surface area contributed by atoms with Gasteiger partial charge in [-0.15, -0.1) is 0 Å². The van der Waals surface area contributed by atoms with Crippen LogP contribution in [0.5, 0.6) is 5.75 Å². The second-order valence-electron chi connectivity index (χ2n) is 9.14. The van der Waals surface area contributed by atoms with Crippen LogP contribution in [-0.4, -0.2) is 41.2 Å². The van der Waals surface area contributed by atoms with Gasteiger partial charge in [0.1, 0.15) is 11.4 Å². The average Bonchev–Trinajstić information content (AvgIpc) is 3.68.